The summed E-state index contributed by atoms with van der Waals surface area (Å²) in [6.07, 6.45) is 2.28. The zero-order chi connectivity index (χ0) is 45.7. The molecule has 0 saturated carbocycles. The van der Waals surface area contributed by atoms with Crippen LogP contribution in [0.15, 0.2) is 164 Å². The smallest absolute Gasteiger partial charge is 0.392 e. The maximum absolute atomic E-state index is 7.76. The molecule has 66 heavy (non-hydrogen) atoms. The minimum Gasteiger partial charge on any atom is -0.392 e. The molecule has 0 saturated heterocycles. The lowest BCUT2D eigenvalue weighted by molar-refractivity contribution is -0.997. The van der Waals surface area contributed by atoms with Crippen LogP contribution in [0.1, 0.15) is 90.1 Å². The summed E-state index contributed by atoms with van der Waals surface area (Å²) in [6, 6.07) is 59.3. The minimum atomic E-state index is -1.05. The van der Waals surface area contributed by atoms with Gasteiger partial charge in [-0.3, -0.25) is 0 Å². The van der Waals surface area contributed by atoms with E-state index in [1.165, 1.54) is 77.9 Å². The van der Waals surface area contributed by atoms with Gasteiger partial charge in [0.25, 0.3) is 0 Å². The van der Waals surface area contributed by atoms with Gasteiger partial charge < -0.3 is 4.74 Å². The Bertz CT molecular complexity index is 3480. The highest BCUT2D eigenvalue weighted by Crippen LogP contribution is 2.55. The number of hydrogen-bond acceptors (Lipinski definition) is 1. The summed E-state index contributed by atoms with van der Waals surface area (Å²) in [5.74, 6) is 0.900. The van der Waals surface area contributed by atoms with Crippen molar-refractivity contribution in [2.75, 3.05) is 0 Å². The van der Waals surface area contributed by atoms with E-state index in [1.807, 2.05) is 0 Å². The maximum atomic E-state index is 7.76. The monoisotopic (exact) mass is 859 g/mol. The molecule has 0 bridgehead atoms. The average molecular weight is 860 g/mol. The lowest BCUT2D eigenvalue weighted by atomic mass is 9.80. The Morgan fingerprint density at radius 1 is 0.470 bits per heavy atom. The Labute approximate surface area is 389 Å². The molecule has 12 rings (SSSR count). The summed E-state index contributed by atoms with van der Waals surface area (Å²) in [4.78, 5) is 0. The average Bonchev–Trinajstić information content (AvgIpc) is 3.79. The molecule has 0 N–H and O–H groups in total. The van der Waals surface area contributed by atoms with Crippen LogP contribution >= 0.6 is 0 Å². The fourth-order valence-corrected chi connectivity index (χ4v) is 11.0. The SMILES string of the molecule is Cc1cc(-c2ccc(C(C)(C)C)cc2)c(-n2c3[n+]4c5c(cccc52)-c2cc(C(C)(C)C)cc5c2C4(Oc2ccccc2-3)[n+]2ccc(-c3ccc(C(C)(C)C)cc3)cc2-5)cc1-c1ccccc1. The molecule has 3 aliphatic heterocycles. The first-order chi connectivity index (χ1) is 31.5. The highest BCUT2D eigenvalue weighted by molar-refractivity contribution is 5.99. The fourth-order valence-electron chi connectivity index (χ4n) is 11.0. The van der Waals surface area contributed by atoms with E-state index in [4.69, 9.17) is 4.74 Å². The van der Waals surface area contributed by atoms with Gasteiger partial charge in [-0.1, -0.05) is 159 Å². The minimum absolute atomic E-state index is 0.0398. The number of fused-ring (bicyclic) bond motifs is 5. The van der Waals surface area contributed by atoms with E-state index in [0.29, 0.717) is 0 Å². The van der Waals surface area contributed by atoms with Crippen LogP contribution in [0.4, 0.5) is 0 Å². The lowest BCUT2D eigenvalue weighted by Crippen LogP contribution is -2.78. The molecule has 3 aliphatic rings. The van der Waals surface area contributed by atoms with Crippen molar-refractivity contribution in [2.24, 2.45) is 0 Å². The standard InChI is InChI=1S/C62H57N3O/c1-38-33-49(41-25-29-44(30-26-41)60(5,6)7)54(37-48(38)40-17-12-11-13-18-40)64-52-21-16-20-46-50-35-45(61(8,9)10)36-51-53-34-42(39-23-27-43(28-24-39)59(2,3)4)31-32-63(53)62(56(50)51)65(57(46)52)58(64)47-19-14-15-22-55(47)66-62/h11-37H,1-10H3/q+2. The first kappa shape index (κ1) is 40.5. The Balaban J connectivity index is 1.21. The highest BCUT2D eigenvalue weighted by Gasteiger charge is 2.68. The van der Waals surface area contributed by atoms with Crippen LogP contribution in [0.5, 0.6) is 5.75 Å². The molecule has 7 aromatic carbocycles. The second-order valence-corrected chi connectivity index (χ2v) is 21.9. The molecular weight excluding hydrogens is 803 g/mol. The van der Waals surface area contributed by atoms with E-state index in [1.54, 1.807) is 0 Å². The predicted octanol–water partition coefficient (Wildman–Crippen LogP) is 14.6. The van der Waals surface area contributed by atoms with Crippen molar-refractivity contribution in [2.45, 2.75) is 91.3 Å². The second-order valence-electron chi connectivity index (χ2n) is 21.9. The number of benzene rings is 7. The number of aryl methyl sites for hydroxylation is 1. The van der Waals surface area contributed by atoms with E-state index in [2.05, 4.69) is 247 Å². The second kappa shape index (κ2) is 13.7. The summed E-state index contributed by atoms with van der Waals surface area (Å²) >= 11 is 0. The molecule has 4 heteroatoms. The van der Waals surface area contributed by atoms with Crippen molar-refractivity contribution in [1.29, 1.82) is 0 Å². The third-order valence-corrected chi connectivity index (χ3v) is 14.6. The van der Waals surface area contributed by atoms with Crippen LogP contribution in [-0.2, 0) is 22.1 Å². The number of ether oxygens (including phenoxy) is 1. The molecule has 9 aromatic rings. The first-order valence-electron chi connectivity index (χ1n) is 23.6. The van der Waals surface area contributed by atoms with Gasteiger partial charge in [0.05, 0.1) is 5.56 Å². The van der Waals surface area contributed by atoms with Crippen LogP contribution < -0.4 is 13.9 Å². The molecule has 0 aliphatic carbocycles. The van der Waals surface area contributed by atoms with Crippen LogP contribution in [0.2, 0.25) is 0 Å². The molecule has 1 spiro atoms. The van der Waals surface area contributed by atoms with Gasteiger partial charge in [0.15, 0.2) is 17.2 Å². The van der Waals surface area contributed by atoms with Gasteiger partial charge in [0, 0.05) is 28.8 Å². The zero-order valence-electron chi connectivity index (χ0n) is 39.8. The van der Waals surface area contributed by atoms with E-state index < -0.39 is 5.85 Å². The van der Waals surface area contributed by atoms with Gasteiger partial charge in [-0.05, 0) is 122 Å². The number of imidazole rings is 1. The molecule has 0 fully saturated rings. The van der Waals surface area contributed by atoms with Gasteiger partial charge in [-0.2, -0.15) is 4.57 Å². The fraction of sp³-hybridized carbons (Fsp3) is 0.226. The van der Waals surface area contributed by atoms with Crippen molar-refractivity contribution in [3.63, 3.8) is 0 Å². The molecular formula is C62H57N3O+2. The van der Waals surface area contributed by atoms with Crippen molar-refractivity contribution in [1.82, 2.24) is 4.57 Å². The van der Waals surface area contributed by atoms with E-state index in [9.17, 15) is 0 Å². The Kier molecular flexibility index (Phi) is 8.43. The third kappa shape index (κ3) is 5.76. The van der Waals surface area contributed by atoms with Crippen molar-refractivity contribution in [3.05, 3.63) is 192 Å². The van der Waals surface area contributed by atoms with Gasteiger partial charge in [0.2, 0.25) is 5.69 Å². The molecule has 0 radical (unpaired) electrons. The summed E-state index contributed by atoms with van der Waals surface area (Å²) in [5.41, 5.74) is 22.8. The lowest BCUT2D eigenvalue weighted by Gasteiger charge is -2.33. The topological polar surface area (TPSA) is 21.9 Å². The summed E-state index contributed by atoms with van der Waals surface area (Å²) in [5, 5.41) is 0. The van der Waals surface area contributed by atoms with Crippen LogP contribution in [0.3, 0.4) is 0 Å². The van der Waals surface area contributed by atoms with Gasteiger partial charge in [0.1, 0.15) is 22.6 Å². The van der Waals surface area contributed by atoms with Crippen molar-refractivity contribution in [3.8, 4) is 78.6 Å². The zero-order valence-corrected chi connectivity index (χ0v) is 39.8. The molecule has 4 nitrogen and oxygen atoms in total. The highest BCUT2D eigenvalue weighted by atomic mass is 16.5. The number of hydrogen-bond donors (Lipinski definition) is 0. The Hall–Kier alpha value is -7.04. The number of para-hydroxylation sites is 2. The summed E-state index contributed by atoms with van der Waals surface area (Å²) < 4.78 is 15.3. The number of nitrogens with zero attached hydrogens (tertiary/aromatic N) is 3. The largest absolute Gasteiger partial charge is 0.499 e. The van der Waals surface area contributed by atoms with Crippen LogP contribution in [0.25, 0.3) is 83.9 Å². The Morgan fingerprint density at radius 3 is 1.76 bits per heavy atom. The van der Waals surface area contributed by atoms with Crippen LogP contribution in [0, 0.1) is 6.92 Å². The van der Waals surface area contributed by atoms with E-state index in [0.717, 1.165) is 39.6 Å². The predicted molar refractivity (Wildman–Crippen MR) is 270 cm³/mol. The van der Waals surface area contributed by atoms with Crippen molar-refractivity contribution < 1.29 is 13.9 Å². The molecule has 324 valence electrons. The molecule has 2 aromatic heterocycles. The molecule has 0 amide bonds. The van der Waals surface area contributed by atoms with Crippen LogP contribution in [-0.4, -0.2) is 4.57 Å². The van der Waals surface area contributed by atoms with E-state index >= 15 is 0 Å². The van der Waals surface area contributed by atoms with Crippen molar-refractivity contribution >= 4 is 11.0 Å². The molecule has 1 atom stereocenters. The normalized spacial score (nSPS) is 15.6. The molecule has 1 unspecified atom stereocenters. The first-order valence-corrected chi connectivity index (χ1v) is 23.6. The maximum Gasteiger partial charge on any atom is 0.499 e. The number of pyridine rings is 1. The van der Waals surface area contributed by atoms with Gasteiger partial charge in [-0.15, -0.1) is 9.13 Å². The quantitative estimate of drug-likeness (QED) is 0.162. The number of aromatic nitrogens is 3. The van der Waals surface area contributed by atoms with E-state index in [-0.39, 0.29) is 16.2 Å². The Morgan fingerprint density at radius 2 is 1.08 bits per heavy atom. The van der Waals surface area contributed by atoms with Gasteiger partial charge >= 0.3 is 11.7 Å². The third-order valence-electron chi connectivity index (χ3n) is 14.6. The molecule has 5 heterocycles. The number of rotatable bonds is 4. The summed E-state index contributed by atoms with van der Waals surface area (Å²) in [7, 11) is 0. The van der Waals surface area contributed by atoms with Gasteiger partial charge in [-0.25, -0.2) is 0 Å². The summed E-state index contributed by atoms with van der Waals surface area (Å²) in [6.45, 7) is 22.9.